The van der Waals surface area contributed by atoms with Crippen LogP contribution >= 0.6 is 0 Å². The highest BCUT2D eigenvalue weighted by molar-refractivity contribution is 6.04. The number of carbonyl (C=O) groups is 1. The summed E-state index contributed by atoms with van der Waals surface area (Å²) in [6.45, 7) is 0.695. The Hall–Kier alpha value is -3.47. The molecular formula is C21H17NO4. The van der Waals surface area contributed by atoms with E-state index in [2.05, 4.69) is 5.32 Å². The quantitative estimate of drug-likeness (QED) is 0.750. The normalized spacial score (nSPS) is 11.8. The zero-order valence-corrected chi connectivity index (χ0v) is 14.0. The van der Waals surface area contributed by atoms with Gasteiger partial charge in [0.05, 0.1) is 0 Å². The van der Waals surface area contributed by atoms with Gasteiger partial charge in [0.15, 0.2) is 11.5 Å². The summed E-state index contributed by atoms with van der Waals surface area (Å²) in [6.07, 6.45) is 0. The number of carbonyl (C=O) groups excluding carboxylic acids is 1. The van der Waals surface area contributed by atoms with Gasteiger partial charge in [-0.05, 0) is 42.0 Å². The average molecular weight is 347 g/mol. The van der Waals surface area contributed by atoms with Gasteiger partial charge in [-0.3, -0.25) is 4.79 Å². The second kappa shape index (κ2) is 7.19. The minimum absolute atomic E-state index is 0.196. The molecule has 3 aromatic rings. The fourth-order valence-electron chi connectivity index (χ4n) is 2.62. The predicted octanol–water partition coefficient (Wildman–Crippen LogP) is 4.25. The Morgan fingerprint density at radius 2 is 1.69 bits per heavy atom. The van der Waals surface area contributed by atoms with Gasteiger partial charge < -0.3 is 19.5 Å². The number of ether oxygens (including phenoxy) is 3. The fraction of sp³-hybridized carbons (Fsp3) is 0.0952. The summed E-state index contributed by atoms with van der Waals surface area (Å²) < 4.78 is 16.3. The van der Waals surface area contributed by atoms with Crippen LogP contribution in [0.15, 0.2) is 72.8 Å². The molecule has 1 N–H and O–H groups in total. The van der Waals surface area contributed by atoms with Gasteiger partial charge >= 0.3 is 0 Å². The molecule has 1 aliphatic rings. The average Bonchev–Trinajstić information content (AvgIpc) is 3.15. The number of anilines is 1. The fourth-order valence-corrected chi connectivity index (χ4v) is 2.62. The second-order valence-electron chi connectivity index (χ2n) is 5.82. The van der Waals surface area contributed by atoms with Crippen LogP contribution in [0.3, 0.4) is 0 Å². The smallest absolute Gasteiger partial charge is 0.255 e. The van der Waals surface area contributed by atoms with E-state index >= 15 is 0 Å². The number of fused-ring (bicyclic) bond motifs is 1. The standard InChI is InChI=1S/C21H17NO4/c23-21(22-17-8-11-19-20(12-17)26-14-25-19)16-6-9-18(10-7-16)24-13-15-4-2-1-3-5-15/h1-12H,13-14H2,(H,22,23). The van der Waals surface area contributed by atoms with E-state index in [-0.39, 0.29) is 12.7 Å². The lowest BCUT2D eigenvalue weighted by Gasteiger charge is -2.08. The summed E-state index contributed by atoms with van der Waals surface area (Å²) in [4.78, 5) is 12.4. The predicted molar refractivity (Wildman–Crippen MR) is 97.7 cm³/mol. The highest BCUT2D eigenvalue weighted by Crippen LogP contribution is 2.34. The zero-order valence-electron chi connectivity index (χ0n) is 14.0. The third-order valence-corrected chi connectivity index (χ3v) is 4.00. The number of amides is 1. The number of nitrogens with one attached hydrogen (secondary N) is 1. The van der Waals surface area contributed by atoms with Crippen molar-refractivity contribution in [1.82, 2.24) is 0 Å². The molecule has 1 amide bonds. The number of hydrogen-bond acceptors (Lipinski definition) is 4. The third-order valence-electron chi connectivity index (χ3n) is 4.00. The van der Waals surface area contributed by atoms with Crippen molar-refractivity contribution in [3.8, 4) is 17.2 Å². The van der Waals surface area contributed by atoms with E-state index < -0.39 is 0 Å². The SMILES string of the molecule is O=C(Nc1ccc2c(c1)OCO2)c1ccc(OCc2ccccc2)cc1. The Labute approximate surface area is 151 Å². The van der Waals surface area contributed by atoms with Crippen molar-refractivity contribution < 1.29 is 19.0 Å². The summed E-state index contributed by atoms with van der Waals surface area (Å²) in [7, 11) is 0. The van der Waals surface area contributed by atoms with E-state index in [4.69, 9.17) is 14.2 Å². The number of benzene rings is 3. The van der Waals surface area contributed by atoms with Gasteiger partial charge in [-0.15, -0.1) is 0 Å². The number of hydrogen-bond donors (Lipinski definition) is 1. The van der Waals surface area contributed by atoms with Gasteiger partial charge in [0, 0.05) is 17.3 Å². The molecule has 0 spiro atoms. The van der Waals surface area contributed by atoms with E-state index in [1.165, 1.54) is 0 Å². The molecule has 0 bridgehead atoms. The van der Waals surface area contributed by atoms with Crippen LogP contribution in [0.4, 0.5) is 5.69 Å². The van der Waals surface area contributed by atoms with E-state index in [1.54, 1.807) is 42.5 Å². The Bertz CT molecular complexity index is 907. The van der Waals surface area contributed by atoms with E-state index in [1.807, 2.05) is 30.3 Å². The van der Waals surface area contributed by atoms with Crippen LogP contribution in [0, 0.1) is 0 Å². The molecule has 5 nitrogen and oxygen atoms in total. The molecule has 0 aliphatic carbocycles. The molecule has 4 rings (SSSR count). The topological polar surface area (TPSA) is 56.8 Å². The van der Waals surface area contributed by atoms with Crippen molar-refractivity contribution in [1.29, 1.82) is 0 Å². The van der Waals surface area contributed by atoms with Crippen molar-refractivity contribution in [2.24, 2.45) is 0 Å². The highest BCUT2D eigenvalue weighted by atomic mass is 16.7. The van der Waals surface area contributed by atoms with E-state index in [9.17, 15) is 4.79 Å². The molecule has 1 heterocycles. The van der Waals surface area contributed by atoms with E-state index in [0.29, 0.717) is 35.1 Å². The van der Waals surface area contributed by atoms with Crippen molar-refractivity contribution in [2.75, 3.05) is 12.1 Å². The first-order chi connectivity index (χ1) is 12.8. The molecule has 1 aliphatic heterocycles. The van der Waals surface area contributed by atoms with Gasteiger partial charge in [0.2, 0.25) is 6.79 Å². The first-order valence-electron chi connectivity index (χ1n) is 8.26. The van der Waals surface area contributed by atoms with Gasteiger partial charge in [0.25, 0.3) is 5.91 Å². The number of rotatable bonds is 5. The van der Waals surface area contributed by atoms with Crippen molar-refractivity contribution in [3.63, 3.8) is 0 Å². The van der Waals surface area contributed by atoms with Crippen molar-refractivity contribution in [2.45, 2.75) is 6.61 Å². The molecule has 0 unspecified atom stereocenters. The summed E-state index contributed by atoms with van der Waals surface area (Å²) in [5, 5.41) is 2.85. The van der Waals surface area contributed by atoms with Gasteiger partial charge in [0.1, 0.15) is 12.4 Å². The van der Waals surface area contributed by atoms with Gasteiger partial charge in [-0.2, -0.15) is 0 Å². The van der Waals surface area contributed by atoms with Crippen LogP contribution in [-0.4, -0.2) is 12.7 Å². The van der Waals surface area contributed by atoms with Gasteiger partial charge in [-0.1, -0.05) is 30.3 Å². The Morgan fingerprint density at radius 3 is 2.50 bits per heavy atom. The molecule has 0 saturated heterocycles. The third kappa shape index (κ3) is 3.62. The van der Waals surface area contributed by atoms with Crippen LogP contribution in [0.25, 0.3) is 0 Å². The summed E-state index contributed by atoms with van der Waals surface area (Å²) >= 11 is 0. The Morgan fingerprint density at radius 1 is 0.923 bits per heavy atom. The minimum atomic E-state index is -0.196. The van der Waals surface area contributed by atoms with Crippen molar-refractivity contribution >= 4 is 11.6 Å². The van der Waals surface area contributed by atoms with Crippen LogP contribution in [0.2, 0.25) is 0 Å². The maximum atomic E-state index is 12.4. The first-order valence-corrected chi connectivity index (χ1v) is 8.26. The monoisotopic (exact) mass is 347 g/mol. The largest absolute Gasteiger partial charge is 0.489 e. The zero-order chi connectivity index (χ0) is 17.8. The lowest BCUT2D eigenvalue weighted by atomic mass is 10.2. The Balaban J connectivity index is 1.37. The second-order valence-corrected chi connectivity index (χ2v) is 5.82. The maximum Gasteiger partial charge on any atom is 0.255 e. The van der Waals surface area contributed by atoms with Crippen LogP contribution in [0.1, 0.15) is 15.9 Å². The van der Waals surface area contributed by atoms with Gasteiger partial charge in [-0.25, -0.2) is 0 Å². The molecule has 130 valence electrons. The molecule has 5 heteroatoms. The lowest BCUT2D eigenvalue weighted by molar-refractivity contribution is 0.102. The summed E-state index contributed by atoms with van der Waals surface area (Å²) in [6, 6.07) is 22.3. The van der Waals surface area contributed by atoms with Crippen LogP contribution in [-0.2, 0) is 6.61 Å². The molecule has 0 fully saturated rings. The minimum Gasteiger partial charge on any atom is -0.489 e. The molecule has 0 radical (unpaired) electrons. The van der Waals surface area contributed by atoms with E-state index in [0.717, 1.165) is 5.56 Å². The highest BCUT2D eigenvalue weighted by Gasteiger charge is 2.14. The van der Waals surface area contributed by atoms with Crippen LogP contribution in [0.5, 0.6) is 17.2 Å². The van der Waals surface area contributed by atoms with Crippen molar-refractivity contribution in [3.05, 3.63) is 83.9 Å². The molecule has 0 aromatic heterocycles. The maximum absolute atomic E-state index is 12.4. The summed E-state index contributed by atoms with van der Waals surface area (Å²) in [5.41, 5.74) is 2.30. The Kier molecular flexibility index (Phi) is 4.43. The molecule has 3 aromatic carbocycles. The molecular weight excluding hydrogens is 330 g/mol. The molecule has 26 heavy (non-hydrogen) atoms. The first kappa shape index (κ1) is 16.0. The summed E-state index contributed by atoms with van der Waals surface area (Å²) in [5.74, 6) is 1.84. The molecule has 0 saturated carbocycles. The lowest BCUT2D eigenvalue weighted by Crippen LogP contribution is -2.11. The molecule has 0 atom stereocenters. The van der Waals surface area contributed by atoms with Crippen LogP contribution < -0.4 is 19.5 Å².